The van der Waals surface area contributed by atoms with Crippen LogP contribution < -0.4 is 0 Å². The van der Waals surface area contributed by atoms with Gasteiger partial charge in [0.2, 0.25) is 0 Å². The second-order valence-electron chi connectivity index (χ2n) is 7.55. The maximum atomic E-state index is 12.3. The van der Waals surface area contributed by atoms with E-state index >= 15 is 0 Å². The van der Waals surface area contributed by atoms with Crippen molar-refractivity contribution in [1.82, 2.24) is 0 Å². The van der Waals surface area contributed by atoms with Crippen LogP contribution in [0.25, 0.3) is 0 Å². The quantitative estimate of drug-likeness (QED) is 0.274. The molecular formula is C27H17ClO3S. The van der Waals surface area contributed by atoms with Crippen molar-refractivity contribution in [2.45, 2.75) is 16.2 Å². The minimum atomic E-state index is -1.06. The molecule has 156 valence electrons. The molecule has 3 nitrogen and oxygen atoms in total. The molecule has 0 aromatic heterocycles. The predicted molar refractivity (Wildman–Crippen MR) is 125 cm³/mol. The lowest BCUT2D eigenvalue weighted by Crippen LogP contribution is -2.20. The van der Waals surface area contributed by atoms with Gasteiger partial charge in [-0.05, 0) is 24.3 Å². The fraction of sp³-hybridized carbons (Fsp3) is 0.0370. The van der Waals surface area contributed by atoms with Gasteiger partial charge in [0.1, 0.15) is 0 Å². The molecule has 32 heavy (non-hydrogen) atoms. The van der Waals surface area contributed by atoms with Crippen LogP contribution in [0.1, 0.15) is 43.0 Å². The van der Waals surface area contributed by atoms with E-state index in [4.69, 9.17) is 11.6 Å². The number of benzene rings is 4. The molecule has 0 radical (unpaired) electrons. The van der Waals surface area contributed by atoms with Gasteiger partial charge in [-0.15, -0.1) is 0 Å². The van der Waals surface area contributed by atoms with Crippen molar-refractivity contribution in [2.24, 2.45) is 0 Å². The second kappa shape index (κ2) is 8.40. The van der Waals surface area contributed by atoms with E-state index in [0.29, 0.717) is 27.3 Å². The predicted octanol–water partition coefficient (Wildman–Crippen LogP) is 5.87. The molecule has 1 aliphatic heterocycles. The number of halogens is 1. The molecule has 4 aromatic rings. The Kier molecular flexibility index (Phi) is 5.43. The van der Waals surface area contributed by atoms with Gasteiger partial charge in [0.25, 0.3) is 0 Å². The zero-order valence-corrected chi connectivity index (χ0v) is 18.5. The third kappa shape index (κ3) is 3.56. The molecule has 1 aliphatic carbocycles. The average molecular weight is 457 g/mol. The first-order chi connectivity index (χ1) is 15.5. The number of rotatable bonds is 0. The average Bonchev–Trinajstić information content (AvgIpc) is 2.83. The molecule has 1 unspecified atom stereocenters. The number of hydrogen-bond donors (Lipinski definition) is 0. The van der Waals surface area contributed by atoms with Gasteiger partial charge in [-0.25, -0.2) is 0 Å². The highest BCUT2D eigenvalue weighted by atomic mass is 35.5. The summed E-state index contributed by atoms with van der Waals surface area (Å²) in [6.07, 6.45) is 0.817. The van der Waals surface area contributed by atoms with E-state index in [-0.39, 0.29) is 11.6 Å². The van der Waals surface area contributed by atoms with Crippen LogP contribution in [0.5, 0.6) is 0 Å². The highest BCUT2D eigenvalue weighted by Crippen LogP contribution is 2.35. The van der Waals surface area contributed by atoms with Gasteiger partial charge in [-0.2, -0.15) is 0 Å². The molecule has 1 atom stereocenters. The van der Waals surface area contributed by atoms with Crippen LogP contribution in [0.3, 0.4) is 0 Å². The largest absolute Gasteiger partial charge is 0.606 e. The maximum absolute atomic E-state index is 12.3. The van der Waals surface area contributed by atoms with Gasteiger partial charge in [0.15, 0.2) is 21.4 Å². The van der Waals surface area contributed by atoms with Crippen molar-refractivity contribution in [3.05, 3.63) is 129 Å². The Morgan fingerprint density at radius 3 is 1.66 bits per heavy atom. The number of fused-ring (bicyclic) bond motifs is 4. The van der Waals surface area contributed by atoms with E-state index in [0.717, 1.165) is 27.3 Å². The van der Waals surface area contributed by atoms with Crippen molar-refractivity contribution >= 4 is 34.3 Å². The number of ketones is 2. The molecule has 2 aliphatic rings. The number of carbonyl (C=O) groups excluding carboxylic acids is 2. The van der Waals surface area contributed by atoms with Gasteiger partial charge in [-0.1, -0.05) is 78.3 Å². The van der Waals surface area contributed by atoms with Crippen molar-refractivity contribution < 1.29 is 14.1 Å². The molecule has 0 N–H and O–H groups in total. The summed E-state index contributed by atoms with van der Waals surface area (Å²) in [5, 5.41) is 0.704. The fourth-order valence-electron chi connectivity index (χ4n) is 4.07. The first-order valence-electron chi connectivity index (χ1n) is 10.1. The van der Waals surface area contributed by atoms with Crippen LogP contribution in [-0.2, 0) is 17.6 Å². The van der Waals surface area contributed by atoms with Gasteiger partial charge in [-0.3, -0.25) is 9.59 Å². The molecule has 1 heterocycles. The number of hydrogen-bond acceptors (Lipinski definition) is 3. The summed E-state index contributed by atoms with van der Waals surface area (Å²) in [6, 6.07) is 27.3. The van der Waals surface area contributed by atoms with Crippen molar-refractivity contribution in [3.8, 4) is 0 Å². The topological polar surface area (TPSA) is 57.2 Å². The van der Waals surface area contributed by atoms with E-state index in [1.165, 1.54) is 0 Å². The fourth-order valence-corrected chi connectivity index (χ4v) is 5.64. The molecule has 0 spiro atoms. The lowest BCUT2D eigenvalue weighted by molar-refractivity contribution is 0.0979. The Bertz CT molecular complexity index is 1270. The van der Waals surface area contributed by atoms with Crippen molar-refractivity contribution in [1.29, 1.82) is 0 Å². The monoisotopic (exact) mass is 456 g/mol. The summed E-state index contributed by atoms with van der Waals surface area (Å²) >= 11 is 4.90. The first-order valence-corrected chi connectivity index (χ1v) is 11.6. The van der Waals surface area contributed by atoms with E-state index in [1.807, 2.05) is 36.4 Å². The molecule has 0 fully saturated rings. The Balaban J connectivity index is 0.000000135. The third-order valence-electron chi connectivity index (χ3n) is 5.61. The standard InChI is InChI=1S/C14H8O2.C13H9ClOS/c15-13-9-5-1-2-6-10(9)14(16)12-8-4-3-7-11(12)13;14-11-5-6-13-10(8-11)7-9-3-1-2-4-12(9)16(13)15/h1-8H;1-6,8H,7H2. The second-order valence-corrected chi connectivity index (χ2v) is 9.41. The van der Waals surface area contributed by atoms with E-state index < -0.39 is 11.2 Å². The van der Waals surface area contributed by atoms with Crippen LogP contribution in [0.4, 0.5) is 0 Å². The Labute approximate surface area is 193 Å². The van der Waals surface area contributed by atoms with Crippen molar-refractivity contribution in [2.75, 3.05) is 0 Å². The Morgan fingerprint density at radius 2 is 1.09 bits per heavy atom. The van der Waals surface area contributed by atoms with E-state index in [2.05, 4.69) is 0 Å². The van der Waals surface area contributed by atoms with Gasteiger partial charge < -0.3 is 4.55 Å². The van der Waals surface area contributed by atoms with Gasteiger partial charge >= 0.3 is 0 Å². The van der Waals surface area contributed by atoms with Crippen LogP contribution in [-0.4, -0.2) is 16.1 Å². The Hall–Kier alpha value is -3.18. The lowest BCUT2D eigenvalue weighted by Gasteiger charge is -2.21. The minimum absolute atomic E-state index is 0.0641. The first kappa shape index (κ1) is 20.7. The summed E-state index contributed by atoms with van der Waals surface area (Å²) in [4.78, 5) is 26.0. The molecule has 0 amide bonds. The van der Waals surface area contributed by atoms with Crippen LogP contribution >= 0.6 is 11.6 Å². The van der Waals surface area contributed by atoms with Crippen LogP contribution in [0.2, 0.25) is 5.02 Å². The number of carbonyl (C=O) groups is 2. The summed E-state index contributed by atoms with van der Waals surface area (Å²) < 4.78 is 12.3. The summed E-state index contributed by atoms with van der Waals surface area (Å²) in [7, 11) is 0. The highest BCUT2D eigenvalue weighted by molar-refractivity contribution is 7.91. The molecule has 0 bridgehead atoms. The summed E-state index contributed by atoms with van der Waals surface area (Å²) in [5.74, 6) is -0.128. The van der Waals surface area contributed by atoms with E-state index in [9.17, 15) is 14.1 Å². The Morgan fingerprint density at radius 1 is 0.625 bits per heavy atom. The van der Waals surface area contributed by atoms with Crippen LogP contribution in [0.15, 0.2) is 101 Å². The minimum Gasteiger partial charge on any atom is -0.606 e. The SMILES string of the molecule is O=C1c2ccccc2C(=O)c2ccccc21.[O-][S+]1c2ccccc2Cc2cc(Cl)ccc21. The zero-order valence-electron chi connectivity index (χ0n) is 16.9. The molecule has 0 saturated heterocycles. The lowest BCUT2D eigenvalue weighted by atomic mass is 9.84. The molecule has 6 rings (SSSR count). The van der Waals surface area contributed by atoms with Crippen molar-refractivity contribution in [3.63, 3.8) is 0 Å². The summed E-state index contributed by atoms with van der Waals surface area (Å²) in [6.45, 7) is 0. The molecule has 5 heteroatoms. The maximum Gasteiger partial charge on any atom is 0.194 e. The zero-order chi connectivity index (χ0) is 22.2. The molecular weight excluding hydrogens is 440 g/mol. The van der Waals surface area contributed by atoms with E-state index in [1.54, 1.807) is 54.6 Å². The third-order valence-corrected chi connectivity index (χ3v) is 7.44. The smallest absolute Gasteiger partial charge is 0.194 e. The highest BCUT2D eigenvalue weighted by Gasteiger charge is 2.29. The summed E-state index contributed by atoms with van der Waals surface area (Å²) in [5.41, 5.74) is 4.23. The van der Waals surface area contributed by atoms with Gasteiger partial charge in [0, 0.05) is 56.0 Å². The molecule has 0 saturated carbocycles. The van der Waals surface area contributed by atoms with Gasteiger partial charge in [0.05, 0.1) is 0 Å². The van der Waals surface area contributed by atoms with Crippen LogP contribution in [0, 0.1) is 0 Å². The molecule has 4 aromatic carbocycles. The normalized spacial score (nSPS) is 15.5.